The maximum atomic E-state index is 11.8. The van der Waals surface area contributed by atoms with Gasteiger partial charge in [-0.3, -0.25) is 4.79 Å². The van der Waals surface area contributed by atoms with E-state index in [-0.39, 0.29) is 5.91 Å². The zero-order chi connectivity index (χ0) is 17.4. The van der Waals surface area contributed by atoms with Crippen LogP contribution in [0.3, 0.4) is 0 Å². The molecular formula is C16H21ClN4OS2. The highest BCUT2D eigenvalue weighted by Gasteiger charge is 2.08. The van der Waals surface area contributed by atoms with Crippen LogP contribution in [0.25, 0.3) is 0 Å². The van der Waals surface area contributed by atoms with Crippen LogP contribution >= 0.6 is 35.1 Å². The van der Waals surface area contributed by atoms with Crippen LogP contribution in [0, 0.1) is 6.92 Å². The molecule has 2 rings (SSSR count). The maximum absolute atomic E-state index is 11.8. The van der Waals surface area contributed by atoms with E-state index in [4.69, 9.17) is 11.6 Å². The van der Waals surface area contributed by atoms with Gasteiger partial charge in [0, 0.05) is 29.6 Å². The van der Waals surface area contributed by atoms with Gasteiger partial charge in [0.15, 0.2) is 5.16 Å². The number of aromatic nitrogens is 3. The molecule has 0 aliphatic rings. The Labute approximate surface area is 155 Å². The summed E-state index contributed by atoms with van der Waals surface area (Å²) in [7, 11) is 0. The Morgan fingerprint density at radius 3 is 2.88 bits per heavy atom. The Balaban J connectivity index is 1.62. The molecule has 1 aromatic carbocycles. The third-order valence-corrected chi connectivity index (χ3v) is 5.64. The van der Waals surface area contributed by atoms with Crippen LogP contribution in [0.2, 0.25) is 5.02 Å². The molecule has 0 bridgehead atoms. The van der Waals surface area contributed by atoms with Crippen molar-refractivity contribution >= 4 is 41.0 Å². The van der Waals surface area contributed by atoms with Gasteiger partial charge >= 0.3 is 0 Å². The van der Waals surface area contributed by atoms with E-state index in [1.54, 1.807) is 23.5 Å². The Bertz CT molecular complexity index is 678. The van der Waals surface area contributed by atoms with E-state index in [0.717, 1.165) is 39.6 Å². The summed E-state index contributed by atoms with van der Waals surface area (Å²) in [6.45, 7) is 5.48. The summed E-state index contributed by atoms with van der Waals surface area (Å²) in [5.41, 5.74) is 1.06. The van der Waals surface area contributed by atoms with E-state index in [1.165, 1.54) is 0 Å². The molecule has 2 aromatic rings. The number of hydrogen-bond acceptors (Lipinski definition) is 5. The minimum atomic E-state index is 0.0424. The monoisotopic (exact) mass is 384 g/mol. The second-order valence-corrected chi connectivity index (χ2v) is 7.51. The molecular weight excluding hydrogens is 364 g/mol. The van der Waals surface area contributed by atoms with Crippen LogP contribution in [-0.2, 0) is 17.1 Å². The van der Waals surface area contributed by atoms with Crippen molar-refractivity contribution in [1.29, 1.82) is 0 Å². The van der Waals surface area contributed by atoms with Gasteiger partial charge in [-0.05, 0) is 25.5 Å². The standard InChI is InChI=1S/C16H21ClN4OS2/c1-3-21-12(2)19-20-16(21)24-9-8-18-15(22)11-23-10-13-6-4-5-7-14(13)17/h4-7H,3,8-11H2,1-2H3,(H,18,22). The fraction of sp³-hybridized carbons (Fsp3) is 0.438. The molecule has 0 unspecified atom stereocenters. The van der Waals surface area contributed by atoms with Crippen LogP contribution in [0.15, 0.2) is 29.4 Å². The molecule has 0 radical (unpaired) electrons. The largest absolute Gasteiger partial charge is 0.355 e. The molecule has 0 saturated carbocycles. The number of nitrogens with one attached hydrogen (secondary N) is 1. The zero-order valence-corrected chi connectivity index (χ0v) is 16.2. The third kappa shape index (κ3) is 5.72. The van der Waals surface area contributed by atoms with Gasteiger partial charge in [-0.25, -0.2) is 0 Å². The molecule has 0 saturated heterocycles. The topological polar surface area (TPSA) is 59.8 Å². The first-order valence-electron chi connectivity index (χ1n) is 7.72. The average molecular weight is 385 g/mol. The Morgan fingerprint density at radius 1 is 1.33 bits per heavy atom. The summed E-state index contributed by atoms with van der Waals surface area (Å²) >= 11 is 9.27. The second kappa shape index (κ2) is 9.96. The minimum absolute atomic E-state index is 0.0424. The van der Waals surface area contributed by atoms with Gasteiger partial charge < -0.3 is 9.88 Å². The lowest BCUT2D eigenvalue weighted by Gasteiger charge is -2.07. The summed E-state index contributed by atoms with van der Waals surface area (Å²) in [5, 5.41) is 12.8. The summed E-state index contributed by atoms with van der Waals surface area (Å²) in [6, 6.07) is 7.71. The number of carbonyl (C=O) groups excluding carboxylic acids is 1. The number of aryl methyl sites for hydroxylation is 1. The number of nitrogens with zero attached hydrogens (tertiary/aromatic N) is 3. The summed E-state index contributed by atoms with van der Waals surface area (Å²) in [6.07, 6.45) is 0. The van der Waals surface area contributed by atoms with Crippen molar-refractivity contribution in [3.05, 3.63) is 40.7 Å². The third-order valence-electron chi connectivity index (χ3n) is 3.32. The van der Waals surface area contributed by atoms with Crippen molar-refractivity contribution in [1.82, 2.24) is 20.1 Å². The lowest BCUT2D eigenvalue weighted by atomic mass is 10.2. The van der Waals surface area contributed by atoms with Crippen LogP contribution in [0.4, 0.5) is 0 Å². The van der Waals surface area contributed by atoms with Gasteiger partial charge in [0.25, 0.3) is 0 Å². The van der Waals surface area contributed by atoms with Crippen LogP contribution < -0.4 is 5.32 Å². The molecule has 1 heterocycles. The fourth-order valence-corrected chi connectivity index (χ4v) is 4.13. The molecule has 1 N–H and O–H groups in total. The lowest BCUT2D eigenvalue weighted by molar-refractivity contribution is -0.118. The molecule has 5 nitrogen and oxygen atoms in total. The molecule has 0 atom stereocenters. The number of carbonyl (C=O) groups is 1. The Morgan fingerprint density at radius 2 is 2.12 bits per heavy atom. The van der Waals surface area contributed by atoms with Crippen LogP contribution in [-0.4, -0.2) is 38.7 Å². The highest BCUT2D eigenvalue weighted by Crippen LogP contribution is 2.20. The molecule has 0 aliphatic heterocycles. The molecule has 0 fully saturated rings. The van der Waals surface area contributed by atoms with Crippen molar-refractivity contribution < 1.29 is 4.79 Å². The first-order valence-corrected chi connectivity index (χ1v) is 10.2. The quantitative estimate of drug-likeness (QED) is 0.530. The number of benzene rings is 1. The minimum Gasteiger partial charge on any atom is -0.355 e. The van der Waals surface area contributed by atoms with Crippen molar-refractivity contribution in [2.45, 2.75) is 31.3 Å². The smallest absolute Gasteiger partial charge is 0.230 e. The van der Waals surface area contributed by atoms with Crippen molar-refractivity contribution in [3.8, 4) is 0 Å². The van der Waals surface area contributed by atoms with E-state index in [2.05, 4.69) is 27.0 Å². The molecule has 0 spiro atoms. The van der Waals surface area contributed by atoms with Crippen molar-refractivity contribution in [2.24, 2.45) is 0 Å². The van der Waals surface area contributed by atoms with E-state index < -0.39 is 0 Å². The number of amides is 1. The van der Waals surface area contributed by atoms with Gasteiger partial charge in [-0.2, -0.15) is 0 Å². The highest BCUT2D eigenvalue weighted by atomic mass is 35.5. The van der Waals surface area contributed by atoms with Gasteiger partial charge in [0.2, 0.25) is 5.91 Å². The van der Waals surface area contributed by atoms with Gasteiger partial charge in [-0.1, -0.05) is 41.6 Å². The van der Waals surface area contributed by atoms with E-state index in [1.807, 2.05) is 31.2 Å². The molecule has 1 aromatic heterocycles. The predicted octanol–water partition coefficient (Wildman–Crippen LogP) is 3.40. The Kier molecular flexibility index (Phi) is 7.94. The highest BCUT2D eigenvalue weighted by molar-refractivity contribution is 7.99. The fourth-order valence-electron chi connectivity index (χ4n) is 2.09. The molecule has 24 heavy (non-hydrogen) atoms. The number of hydrogen-bond donors (Lipinski definition) is 1. The number of thioether (sulfide) groups is 2. The molecule has 0 aliphatic carbocycles. The van der Waals surface area contributed by atoms with E-state index in [9.17, 15) is 4.79 Å². The lowest BCUT2D eigenvalue weighted by Crippen LogP contribution is -2.27. The second-order valence-electron chi connectivity index (χ2n) is 5.06. The van der Waals surface area contributed by atoms with Crippen LogP contribution in [0.1, 0.15) is 18.3 Å². The summed E-state index contributed by atoms with van der Waals surface area (Å²) < 4.78 is 2.06. The van der Waals surface area contributed by atoms with Crippen LogP contribution in [0.5, 0.6) is 0 Å². The average Bonchev–Trinajstić information content (AvgIpc) is 2.93. The normalized spacial score (nSPS) is 10.8. The Hall–Kier alpha value is -1.18. The van der Waals surface area contributed by atoms with Gasteiger partial charge in [0.05, 0.1) is 5.75 Å². The number of rotatable bonds is 9. The summed E-state index contributed by atoms with van der Waals surface area (Å²) in [4.78, 5) is 11.8. The van der Waals surface area contributed by atoms with Crippen molar-refractivity contribution in [3.63, 3.8) is 0 Å². The first kappa shape index (κ1) is 19.1. The number of halogens is 1. The maximum Gasteiger partial charge on any atom is 0.230 e. The SMILES string of the molecule is CCn1c(C)nnc1SCCNC(=O)CSCc1ccccc1Cl. The van der Waals surface area contributed by atoms with Gasteiger partial charge in [0.1, 0.15) is 5.82 Å². The van der Waals surface area contributed by atoms with E-state index >= 15 is 0 Å². The molecule has 8 heteroatoms. The predicted molar refractivity (Wildman–Crippen MR) is 102 cm³/mol. The van der Waals surface area contributed by atoms with Gasteiger partial charge in [-0.15, -0.1) is 22.0 Å². The van der Waals surface area contributed by atoms with E-state index in [0.29, 0.717) is 12.3 Å². The summed E-state index contributed by atoms with van der Waals surface area (Å²) in [5.74, 6) is 2.90. The zero-order valence-electron chi connectivity index (χ0n) is 13.8. The molecule has 1 amide bonds. The molecule has 130 valence electrons. The first-order chi connectivity index (χ1) is 11.6. The van der Waals surface area contributed by atoms with Crippen molar-refractivity contribution in [2.75, 3.05) is 18.1 Å².